The fraction of sp³-hybridized carbons (Fsp3) is 0.658. The van der Waals surface area contributed by atoms with Crippen LogP contribution in [0.15, 0.2) is 53.4 Å². The smallest absolute Gasteiger partial charge is 0.407 e. The van der Waals surface area contributed by atoms with E-state index in [1.165, 1.54) is 13.5 Å². The van der Waals surface area contributed by atoms with Crippen molar-refractivity contribution < 1.29 is 27.1 Å². The van der Waals surface area contributed by atoms with Gasteiger partial charge >= 0.3 is 6.09 Å². The molecule has 1 N–H and O–H groups in total. The number of likely N-dealkylation sites (tertiary alicyclic amines) is 2. The summed E-state index contributed by atoms with van der Waals surface area (Å²) in [5.74, 6) is 0.319. The summed E-state index contributed by atoms with van der Waals surface area (Å²) in [5.41, 5.74) is 1.53. The van der Waals surface area contributed by atoms with Gasteiger partial charge in [0.2, 0.25) is 0 Å². The number of sulfone groups is 1. The number of hydrogen-bond donors (Lipinski definition) is 1. The van der Waals surface area contributed by atoms with E-state index in [4.69, 9.17) is 9.47 Å². The van der Waals surface area contributed by atoms with Gasteiger partial charge in [0.1, 0.15) is 11.4 Å². The van der Waals surface area contributed by atoms with Crippen LogP contribution in [0.3, 0.4) is 0 Å². The first-order valence-corrected chi connectivity index (χ1v) is 20.0. The van der Waals surface area contributed by atoms with Crippen molar-refractivity contribution in [1.82, 2.24) is 15.1 Å². The number of methoxy groups -OCH3 is 1. The molecule has 1 amide bonds. The van der Waals surface area contributed by atoms with Crippen LogP contribution in [0.4, 0.5) is 14.9 Å². The maximum absolute atomic E-state index is 15.0. The number of carbonyl (C=O) groups is 1. The van der Waals surface area contributed by atoms with Crippen LogP contribution in [-0.2, 0) is 24.7 Å². The summed E-state index contributed by atoms with van der Waals surface area (Å²) in [4.78, 5) is 20.3. The van der Waals surface area contributed by atoms with E-state index in [1.54, 1.807) is 24.3 Å². The van der Waals surface area contributed by atoms with Crippen molar-refractivity contribution in [2.24, 2.45) is 11.8 Å². The Morgan fingerprint density at radius 1 is 0.959 bits per heavy atom. The SMILES string of the molecule is CCOC1(CN2CCC(C(CN3CCC3)(c3cccc(F)c3)[C@H]3CCC[C@@H]3NC(=O)OC)CC2)CN(c2ccc(S(=O)(=O)C3CC3)cc2)C1. The topological polar surface area (TPSA) is 91.4 Å². The highest BCUT2D eigenvalue weighted by Crippen LogP contribution is 2.51. The molecule has 49 heavy (non-hydrogen) atoms. The fourth-order valence-electron chi connectivity index (χ4n) is 9.54. The molecule has 0 bridgehead atoms. The highest BCUT2D eigenvalue weighted by atomic mass is 32.2. The summed E-state index contributed by atoms with van der Waals surface area (Å²) in [6, 6.07) is 14.7. The normalized spacial score (nSPS) is 26.1. The number of nitrogens with one attached hydrogen (secondary N) is 1. The summed E-state index contributed by atoms with van der Waals surface area (Å²) in [5, 5.41) is 2.98. The van der Waals surface area contributed by atoms with E-state index in [0.717, 1.165) is 109 Å². The number of hydrogen-bond acceptors (Lipinski definition) is 8. The first-order valence-electron chi connectivity index (χ1n) is 18.4. The number of amides is 1. The Kier molecular flexibility index (Phi) is 10.0. The molecule has 268 valence electrons. The molecule has 2 aromatic rings. The van der Waals surface area contributed by atoms with Crippen molar-refractivity contribution in [3.63, 3.8) is 0 Å². The Balaban J connectivity index is 1.07. The molecule has 1 unspecified atom stereocenters. The standard InChI is InChI=1S/C38H53FN4O5S/c1-3-48-37(25-43(26-37)31-11-13-32(14-12-31)49(45,46)33-15-16-33)24-42-21-17-28(18-22-42)38(27-41-19-6-20-41,29-7-4-8-30(39)23-29)34-9-5-10-35(34)40-36(44)47-2/h4,7-8,11-14,23,28,33-35H,3,5-6,9-10,15-22,24-27H2,1-2H3,(H,40,44)/t34-,35-,38?/m0/s1. The van der Waals surface area contributed by atoms with Crippen LogP contribution < -0.4 is 10.2 Å². The lowest BCUT2D eigenvalue weighted by atomic mass is 9.57. The number of alkyl carbamates (subject to hydrolysis) is 1. The van der Waals surface area contributed by atoms with Gasteiger partial charge in [0.05, 0.1) is 30.3 Å². The van der Waals surface area contributed by atoms with Crippen LogP contribution in [0.5, 0.6) is 0 Å². The largest absolute Gasteiger partial charge is 0.453 e. The molecular weight excluding hydrogens is 644 g/mol. The molecule has 2 saturated carbocycles. The Hall–Kier alpha value is -2.73. The van der Waals surface area contributed by atoms with Crippen molar-refractivity contribution in [3.05, 3.63) is 59.9 Å². The van der Waals surface area contributed by atoms with E-state index >= 15 is 4.39 Å². The Morgan fingerprint density at radius 3 is 2.31 bits per heavy atom. The summed E-state index contributed by atoms with van der Waals surface area (Å²) in [6.45, 7) is 9.93. The van der Waals surface area contributed by atoms with Gasteiger partial charge in [-0.1, -0.05) is 18.6 Å². The van der Waals surface area contributed by atoms with Gasteiger partial charge < -0.3 is 29.5 Å². The first kappa shape index (κ1) is 34.7. The quantitative estimate of drug-likeness (QED) is 0.305. The molecule has 3 aliphatic heterocycles. The average Bonchev–Trinajstić information content (AvgIpc) is 3.84. The molecule has 3 heterocycles. The van der Waals surface area contributed by atoms with Gasteiger partial charge in [-0.05, 0) is 132 Å². The maximum Gasteiger partial charge on any atom is 0.407 e. The van der Waals surface area contributed by atoms with Crippen LogP contribution in [0.25, 0.3) is 0 Å². The van der Waals surface area contributed by atoms with Gasteiger partial charge in [0.15, 0.2) is 9.84 Å². The Labute approximate surface area is 291 Å². The van der Waals surface area contributed by atoms with E-state index in [-0.39, 0.29) is 40.1 Å². The highest BCUT2D eigenvalue weighted by Gasteiger charge is 2.54. The average molecular weight is 697 g/mol. The molecule has 0 spiro atoms. The second-order valence-corrected chi connectivity index (χ2v) is 17.4. The van der Waals surface area contributed by atoms with Gasteiger partial charge in [-0.2, -0.15) is 0 Å². The van der Waals surface area contributed by atoms with Crippen molar-refractivity contribution in [3.8, 4) is 0 Å². The lowest BCUT2D eigenvalue weighted by molar-refractivity contribution is -0.0856. The van der Waals surface area contributed by atoms with E-state index < -0.39 is 9.84 Å². The van der Waals surface area contributed by atoms with E-state index in [1.807, 2.05) is 18.2 Å². The van der Waals surface area contributed by atoms with Crippen molar-refractivity contribution in [2.45, 2.75) is 85.5 Å². The first-order chi connectivity index (χ1) is 23.7. The van der Waals surface area contributed by atoms with Crippen molar-refractivity contribution in [2.75, 3.05) is 71.0 Å². The van der Waals surface area contributed by atoms with E-state index in [0.29, 0.717) is 17.4 Å². The van der Waals surface area contributed by atoms with E-state index in [9.17, 15) is 13.2 Å². The van der Waals surface area contributed by atoms with Gasteiger partial charge in [-0.25, -0.2) is 17.6 Å². The number of halogens is 1. The van der Waals surface area contributed by atoms with Gasteiger partial charge in [0, 0.05) is 36.8 Å². The fourth-order valence-corrected chi connectivity index (χ4v) is 11.2. The number of anilines is 1. The molecular formula is C38H53FN4O5S. The van der Waals surface area contributed by atoms with Crippen LogP contribution in [0, 0.1) is 17.7 Å². The van der Waals surface area contributed by atoms with Crippen LogP contribution in [0.2, 0.25) is 0 Å². The zero-order chi connectivity index (χ0) is 34.2. The molecule has 7 rings (SSSR count). The van der Waals surface area contributed by atoms with E-state index in [2.05, 4.69) is 33.0 Å². The summed E-state index contributed by atoms with van der Waals surface area (Å²) in [7, 11) is -1.78. The monoisotopic (exact) mass is 696 g/mol. The summed E-state index contributed by atoms with van der Waals surface area (Å²) in [6.07, 6.45) is 7.25. The lowest BCUT2D eigenvalue weighted by Crippen LogP contribution is -2.68. The molecule has 2 aliphatic carbocycles. The van der Waals surface area contributed by atoms with Crippen LogP contribution >= 0.6 is 0 Å². The number of ether oxygens (including phenoxy) is 2. The molecule has 5 aliphatic rings. The molecule has 0 aromatic heterocycles. The van der Waals surface area contributed by atoms with Gasteiger partial charge in [0.25, 0.3) is 0 Å². The third-order valence-corrected chi connectivity index (χ3v) is 14.5. The third kappa shape index (κ3) is 6.97. The Morgan fingerprint density at radius 2 is 1.69 bits per heavy atom. The zero-order valence-corrected chi connectivity index (χ0v) is 29.9. The second kappa shape index (κ2) is 14.1. The molecule has 3 atom stereocenters. The number of nitrogens with zero attached hydrogens (tertiary/aromatic N) is 3. The summed E-state index contributed by atoms with van der Waals surface area (Å²) < 4.78 is 51.9. The highest BCUT2D eigenvalue weighted by molar-refractivity contribution is 7.92. The minimum atomic E-state index is -3.20. The number of rotatable bonds is 13. The molecule has 0 radical (unpaired) electrons. The molecule has 2 aromatic carbocycles. The predicted molar refractivity (Wildman–Crippen MR) is 188 cm³/mol. The lowest BCUT2D eigenvalue weighted by Gasteiger charge is -2.55. The maximum atomic E-state index is 15.0. The molecule has 9 nitrogen and oxygen atoms in total. The zero-order valence-electron chi connectivity index (χ0n) is 29.1. The van der Waals surface area contributed by atoms with Crippen molar-refractivity contribution >= 4 is 21.6 Å². The van der Waals surface area contributed by atoms with Gasteiger partial charge in [-0.3, -0.25) is 0 Å². The molecule has 11 heteroatoms. The molecule has 5 fully saturated rings. The Bertz CT molecular complexity index is 1570. The van der Waals surface area contributed by atoms with Gasteiger partial charge in [-0.15, -0.1) is 0 Å². The minimum Gasteiger partial charge on any atom is -0.453 e. The number of carbonyl (C=O) groups excluding carboxylic acids is 1. The summed E-state index contributed by atoms with van der Waals surface area (Å²) >= 11 is 0. The second-order valence-electron chi connectivity index (χ2n) is 15.2. The predicted octanol–water partition coefficient (Wildman–Crippen LogP) is 5.24. The van der Waals surface area contributed by atoms with Crippen LogP contribution in [-0.4, -0.2) is 107 Å². The third-order valence-electron chi connectivity index (χ3n) is 12.2. The van der Waals surface area contributed by atoms with Crippen molar-refractivity contribution in [1.29, 1.82) is 0 Å². The van der Waals surface area contributed by atoms with Crippen LogP contribution in [0.1, 0.15) is 63.9 Å². The number of benzene rings is 2. The molecule has 3 saturated heterocycles. The number of piperidine rings is 1. The minimum absolute atomic E-state index is 0.0138.